The quantitative estimate of drug-likeness (QED) is 0.0620. The van der Waals surface area contributed by atoms with Crippen LogP contribution in [-0.4, -0.2) is 156 Å². The lowest BCUT2D eigenvalue weighted by atomic mass is 10.1. The standard InChI is InChI=1S/C23H23ClN4O3S.C20H18ClN3O3S.C19H14Cl2N2O3S.C19H13ClN6O/c1-27-11-13-28(14-12-27)32(30,31)19-6-4-5-17(15-19)23(29)26-18-8-9-21(24)20(16-18)22-7-2-3-10-25-22;1-24(2)28(26,27)16-9-6-14(7-10-16)20(25)23-15-8-11-18(21)17(13-15)19-5-3-4-12-22-19;1-27(25,26)13-6-7-14(17(21)11-13)19(24)23-12-5-8-16(20)15(10-12)18-4-2-3-9-22-18;20-16-6-5-14(9-15(16)17-3-1-2-8-22-17)25-19(27)13-4-7-18(23-10-13)26-12-21-11-24-26/h2-10,15-16H,11-14H2,1H3,(H,26,29);3-13H,1-2H3,(H,23,25);2-11H,1H3,(H,23,24);1-12H,(H,25,27). The predicted molar refractivity (Wildman–Crippen MR) is 444 cm³/mol. The van der Waals surface area contributed by atoms with Gasteiger partial charge in [-0.2, -0.15) is 9.40 Å². The largest absolute Gasteiger partial charge is 0.322 e. The number of rotatable bonds is 18. The van der Waals surface area contributed by atoms with Crippen LogP contribution in [0.3, 0.4) is 0 Å². The number of carbonyl (C=O) groups is 4. The van der Waals surface area contributed by atoms with E-state index in [0.29, 0.717) is 120 Å². The average Bonchev–Trinajstić information content (AvgIpc) is 0.871. The summed E-state index contributed by atoms with van der Waals surface area (Å²) in [6.07, 6.45) is 12.2. The Bertz CT molecular complexity index is 5980. The molecule has 1 aliphatic heterocycles. The summed E-state index contributed by atoms with van der Waals surface area (Å²) in [5, 5.41) is 17.3. The zero-order valence-electron chi connectivity index (χ0n) is 60.8. The number of pyridine rings is 5. The first kappa shape index (κ1) is 83.4. The molecule has 0 spiro atoms. The highest BCUT2D eigenvalue weighted by Gasteiger charge is 2.29. The minimum atomic E-state index is -3.66. The van der Waals surface area contributed by atoms with Crippen molar-refractivity contribution >= 4 is 134 Å². The van der Waals surface area contributed by atoms with Crippen LogP contribution in [0, 0.1) is 0 Å². The summed E-state index contributed by atoms with van der Waals surface area (Å²) in [4.78, 5) is 78.0. The second-order valence-corrected chi connectivity index (χ2v) is 33.3. The van der Waals surface area contributed by atoms with Crippen LogP contribution in [0.25, 0.3) is 50.8 Å². The van der Waals surface area contributed by atoms with Gasteiger partial charge in [0.15, 0.2) is 15.7 Å². The van der Waals surface area contributed by atoms with Crippen LogP contribution in [0.1, 0.15) is 41.4 Å². The van der Waals surface area contributed by atoms with Gasteiger partial charge in [0.2, 0.25) is 20.0 Å². The molecule has 4 amide bonds. The summed E-state index contributed by atoms with van der Waals surface area (Å²) >= 11 is 31.2. The fraction of sp³-hybridized carbons (Fsp3) is 0.0988. The zero-order valence-corrected chi connectivity index (χ0v) is 67.1. The number of piperazine rings is 1. The number of nitrogens with one attached hydrogen (secondary N) is 4. The summed E-state index contributed by atoms with van der Waals surface area (Å²) < 4.78 is 77.5. The molecular formula is C81H68Cl5N15O10S3. The van der Waals surface area contributed by atoms with Gasteiger partial charge in [0, 0.05) is 134 Å². The molecule has 580 valence electrons. The van der Waals surface area contributed by atoms with Crippen molar-refractivity contribution in [3.05, 3.63) is 315 Å². The summed E-state index contributed by atoms with van der Waals surface area (Å²) in [7, 11) is -5.74. The van der Waals surface area contributed by atoms with E-state index in [1.165, 1.54) is 96.5 Å². The lowest BCUT2D eigenvalue weighted by molar-refractivity contribution is 0.101. The molecule has 0 radical (unpaired) electrons. The lowest BCUT2D eigenvalue weighted by Crippen LogP contribution is -2.47. The molecule has 1 saturated heterocycles. The molecule has 0 bridgehead atoms. The zero-order chi connectivity index (χ0) is 81.3. The van der Waals surface area contributed by atoms with Crippen LogP contribution in [0.4, 0.5) is 22.7 Å². The van der Waals surface area contributed by atoms with Gasteiger partial charge in [0.25, 0.3) is 23.6 Å². The second kappa shape index (κ2) is 37.9. The average molecular weight is 1680 g/mol. The molecule has 33 heteroatoms. The summed E-state index contributed by atoms with van der Waals surface area (Å²) in [5.74, 6) is -0.929. The van der Waals surface area contributed by atoms with Gasteiger partial charge in [-0.25, -0.2) is 44.2 Å². The van der Waals surface area contributed by atoms with E-state index in [1.807, 2.05) is 73.8 Å². The van der Waals surface area contributed by atoms with E-state index < -0.39 is 41.7 Å². The molecule has 1 aliphatic rings. The number of hydrogen-bond donors (Lipinski definition) is 4. The molecule has 4 N–H and O–H groups in total. The van der Waals surface area contributed by atoms with Gasteiger partial charge in [-0.15, -0.1) is 0 Å². The molecule has 13 aromatic rings. The van der Waals surface area contributed by atoms with Gasteiger partial charge < -0.3 is 26.2 Å². The summed E-state index contributed by atoms with van der Waals surface area (Å²) in [6, 6.07) is 61.8. The van der Waals surface area contributed by atoms with Gasteiger partial charge in [0.1, 0.15) is 12.7 Å². The molecule has 0 unspecified atom stereocenters. The van der Waals surface area contributed by atoms with Crippen molar-refractivity contribution in [2.45, 2.75) is 14.7 Å². The van der Waals surface area contributed by atoms with Gasteiger partial charge in [-0.3, -0.25) is 39.1 Å². The smallest absolute Gasteiger partial charge is 0.257 e. The first-order valence-corrected chi connectivity index (χ1v) is 41.0. The van der Waals surface area contributed by atoms with Crippen LogP contribution >= 0.6 is 58.0 Å². The minimum absolute atomic E-state index is 0.0491. The van der Waals surface area contributed by atoms with E-state index in [9.17, 15) is 44.4 Å². The Balaban J connectivity index is 0.000000150. The molecule has 0 saturated carbocycles. The van der Waals surface area contributed by atoms with Crippen molar-refractivity contribution in [1.29, 1.82) is 0 Å². The van der Waals surface area contributed by atoms with Crippen LogP contribution in [0.5, 0.6) is 0 Å². The highest BCUT2D eigenvalue weighted by Crippen LogP contribution is 2.35. The van der Waals surface area contributed by atoms with Gasteiger partial charge in [-0.05, 0) is 201 Å². The van der Waals surface area contributed by atoms with Crippen LogP contribution < -0.4 is 21.3 Å². The third kappa shape index (κ3) is 21.6. The Kier molecular flexibility index (Phi) is 27.7. The molecule has 6 aromatic heterocycles. The third-order valence-electron chi connectivity index (χ3n) is 17.0. The molecule has 114 heavy (non-hydrogen) atoms. The number of nitrogens with zero attached hydrogens (tertiary/aromatic N) is 11. The molecule has 25 nitrogen and oxygen atoms in total. The summed E-state index contributed by atoms with van der Waals surface area (Å²) in [5.41, 5.74) is 9.01. The van der Waals surface area contributed by atoms with Crippen LogP contribution in [-0.2, 0) is 29.9 Å². The highest BCUT2D eigenvalue weighted by atomic mass is 35.5. The van der Waals surface area contributed by atoms with Crippen molar-refractivity contribution < 1.29 is 44.4 Å². The molecule has 7 aromatic carbocycles. The predicted octanol–water partition coefficient (Wildman–Crippen LogP) is 15.8. The van der Waals surface area contributed by atoms with E-state index in [2.05, 4.69) is 61.2 Å². The Morgan fingerprint density at radius 1 is 0.404 bits per heavy atom. The molecular weight excluding hydrogens is 1620 g/mol. The van der Waals surface area contributed by atoms with Gasteiger partial charge in [0.05, 0.1) is 73.7 Å². The second-order valence-electron chi connectivity index (χ2n) is 25.2. The van der Waals surface area contributed by atoms with E-state index in [4.69, 9.17) is 58.0 Å². The minimum Gasteiger partial charge on any atom is -0.322 e. The number of likely N-dealkylation sites (N-methyl/N-ethyl adjacent to an activating group) is 1. The third-order valence-corrected chi connectivity index (χ3v) is 23.5. The van der Waals surface area contributed by atoms with Crippen molar-refractivity contribution in [3.63, 3.8) is 0 Å². The topological polar surface area (TPSA) is 324 Å². The number of halogens is 5. The summed E-state index contributed by atoms with van der Waals surface area (Å²) in [6.45, 7) is 2.20. The Morgan fingerprint density at radius 2 is 0.825 bits per heavy atom. The molecule has 7 heterocycles. The van der Waals surface area contributed by atoms with Crippen LogP contribution in [0.2, 0.25) is 25.1 Å². The van der Waals surface area contributed by atoms with Crippen molar-refractivity contribution in [3.8, 4) is 50.8 Å². The Morgan fingerprint density at radius 3 is 1.21 bits per heavy atom. The Hall–Kier alpha value is -11.5. The van der Waals surface area contributed by atoms with E-state index in [0.717, 1.165) is 21.8 Å². The maximum atomic E-state index is 13.0. The molecule has 14 rings (SSSR count). The number of carbonyl (C=O) groups excluding carboxylic acids is 4. The fourth-order valence-electron chi connectivity index (χ4n) is 11.0. The molecule has 0 aliphatic carbocycles. The number of sulfone groups is 1. The highest BCUT2D eigenvalue weighted by molar-refractivity contribution is 7.90. The number of aromatic nitrogens is 8. The van der Waals surface area contributed by atoms with Crippen molar-refractivity contribution in [1.82, 2.24) is 53.2 Å². The Labute approximate surface area is 682 Å². The van der Waals surface area contributed by atoms with E-state index >= 15 is 0 Å². The van der Waals surface area contributed by atoms with E-state index in [1.54, 1.807) is 128 Å². The van der Waals surface area contributed by atoms with Gasteiger partial charge in [-0.1, -0.05) is 88.3 Å². The fourth-order valence-corrected chi connectivity index (χ4v) is 15.2. The number of sulfonamides is 2. The van der Waals surface area contributed by atoms with Crippen molar-refractivity contribution in [2.75, 3.05) is 74.8 Å². The molecule has 1 fully saturated rings. The maximum Gasteiger partial charge on any atom is 0.257 e. The maximum absolute atomic E-state index is 13.0. The number of amides is 4. The van der Waals surface area contributed by atoms with Gasteiger partial charge >= 0.3 is 0 Å². The molecule has 0 atom stereocenters. The number of anilines is 4. The van der Waals surface area contributed by atoms with E-state index in [-0.39, 0.29) is 42.7 Å². The number of benzene rings is 7. The van der Waals surface area contributed by atoms with Crippen molar-refractivity contribution in [2.24, 2.45) is 0 Å². The first-order valence-electron chi connectivity index (χ1n) is 34.3. The first-order chi connectivity index (χ1) is 54.6. The van der Waals surface area contributed by atoms with Crippen LogP contribution in [0.15, 0.2) is 283 Å². The number of hydrogen-bond acceptors (Lipinski definition) is 18. The monoisotopic (exact) mass is 1680 g/mol. The SMILES string of the molecule is CN(C)S(=O)(=O)c1ccc(C(=O)Nc2ccc(Cl)c(-c3ccccn3)c2)cc1.CN1CCN(S(=O)(=O)c2cccc(C(=O)Nc3ccc(Cl)c(-c4ccccn4)c3)c2)CC1.CS(=O)(=O)c1ccc(C(=O)Nc2ccc(Cl)c(-c3ccccn3)c2)c(Cl)c1.O=C(Nc1ccc(Cl)c(-c2ccccn2)c1)c1ccc(-n2cncn2)nc1. The normalized spacial score (nSPS) is 12.3. The lowest BCUT2D eigenvalue weighted by Gasteiger charge is -2.31.